The lowest BCUT2D eigenvalue weighted by Gasteiger charge is -2.40. The first-order chi connectivity index (χ1) is 18.2. The SMILES string of the molecule is COCC(=O)Nc1cccc(C2(C3CCN(C(=O)c4ccc(C(=O)ON)cc4)CC3)N=C(N)N(C)C2=O)c1. The van der Waals surface area contributed by atoms with Crippen LogP contribution in [0.25, 0.3) is 0 Å². The molecule has 12 nitrogen and oxygen atoms in total. The lowest BCUT2D eigenvalue weighted by molar-refractivity contribution is -0.133. The number of ether oxygens (including phenoxy) is 1. The van der Waals surface area contributed by atoms with E-state index in [1.54, 1.807) is 48.3 Å². The summed E-state index contributed by atoms with van der Waals surface area (Å²) in [5, 5.41) is 2.76. The van der Waals surface area contributed by atoms with Crippen molar-refractivity contribution in [3.05, 3.63) is 65.2 Å². The van der Waals surface area contributed by atoms with Gasteiger partial charge in [0.2, 0.25) is 5.91 Å². The van der Waals surface area contributed by atoms with Crippen molar-refractivity contribution < 1.29 is 28.8 Å². The molecule has 1 fully saturated rings. The molecule has 3 amide bonds. The molecular weight excluding hydrogens is 492 g/mol. The summed E-state index contributed by atoms with van der Waals surface area (Å²) in [6, 6.07) is 13.1. The molecule has 5 N–H and O–H groups in total. The summed E-state index contributed by atoms with van der Waals surface area (Å²) >= 11 is 0. The van der Waals surface area contributed by atoms with Crippen molar-refractivity contribution in [1.82, 2.24) is 9.80 Å². The van der Waals surface area contributed by atoms with Gasteiger partial charge in [0.15, 0.2) is 11.5 Å². The number of methoxy groups -OCH3 is 1. The van der Waals surface area contributed by atoms with Crippen molar-refractivity contribution in [2.24, 2.45) is 22.5 Å². The summed E-state index contributed by atoms with van der Waals surface area (Å²) in [5.74, 6) is 3.32. The highest BCUT2D eigenvalue weighted by molar-refractivity contribution is 6.07. The normalized spacial score (nSPS) is 19.8. The number of likely N-dealkylation sites (N-methyl/N-ethyl adjacent to an activating group) is 1. The molecule has 2 aromatic rings. The van der Waals surface area contributed by atoms with Crippen molar-refractivity contribution >= 4 is 35.3 Å². The van der Waals surface area contributed by atoms with Gasteiger partial charge >= 0.3 is 5.97 Å². The van der Waals surface area contributed by atoms with E-state index in [9.17, 15) is 19.2 Å². The van der Waals surface area contributed by atoms with E-state index >= 15 is 0 Å². The van der Waals surface area contributed by atoms with E-state index in [4.69, 9.17) is 16.4 Å². The van der Waals surface area contributed by atoms with Crippen LogP contribution in [0.1, 0.15) is 39.1 Å². The number of nitrogens with zero attached hydrogens (tertiary/aromatic N) is 3. The van der Waals surface area contributed by atoms with E-state index in [2.05, 4.69) is 15.1 Å². The fourth-order valence-electron chi connectivity index (χ4n) is 5.01. The number of guanidine groups is 1. The van der Waals surface area contributed by atoms with Gasteiger partial charge in [0.25, 0.3) is 11.8 Å². The lowest BCUT2D eigenvalue weighted by atomic mass is 9.73. The molecule has 0 saturated carbocycles. The average molecular weight is 523 g/mol. The van der Waals surface area contributed by atoms with Crippen molar-refractivity contribution in [1.29, 1.82) is 0 Å². The van der Waals surface area contributed by atoms with Crippen LogP contribution in [0.15, 0.2) is 53.5 Å². The molecule has 200 valence electrons. The zero-order valence-corrected chi connectivity index (χ0v) is 21.2. The first-order valence-electron chi connectivity index (χ1n) is 12.0. The molecule has 0 spiro atoms. The van der Waals surface area contributed by atoms with Crippen molar-refractivity contribution in [2.45, 2.75) is 18.4 Å². The molecule has 1 atom stereocenters. The summed E-state index contributed by atoms with van der Waals surface area (Å²) in [4.78, 5) is 62.3. The second kappa shape index (κ2) is 11.0. The fraction of sp³-hybridized carbons (Fsp3) is 0.346. The third-order valence-electron chi connectivity index (χ3n) is 6.97. The van der Waals surface area contributed by atoms with Gasteiger partial charge in [0.05, 0.1) is 5.56 Å². The molecule has 1 unspecified atom stereocenters. The summed E-state index contributed by atoms with van der Waals surface area (Å²) in [7, 11) is 3.01. The molecule has 2 aliphatic heterocycles. The quantitative estimate of drug-likeness (QED) is 0.449. The van der Waals surface area contributed by atoms with Crippen LogP contribution in [0.4, 0.5) is 5.69 Å². The molecule has 0 aromatic heterocycles. The largest absolute Gasteiger partial charge is 0.375 e. The van der Waals surface area contributed by atoms with E-state index in [1.807, 2.05) is 0 Å². The second-order valence-electron chi connectivity index (χ2n) is 9.21. The molecule has 4 rings (SSSR count). The van der Waals surface area contributed by atoms with Gasteiger partial charge in [-0.2, -0.15) is 5.90 Å². The number of amides is 3. The van der Waals surface area contributed by atoms with Crippen LogP contribution < -0.4 is 16.9 Å². The molecule has 2 aromatic carbocycles. The van der Waals surface area contributed by atoms with Gasteiger partial charge < -0.3 is 25.5 Å². The zero-order chi connectivity index (χ0) is 27.4. The zero-order valence-electron chi connectivity index (χ0n) is 21.2. The molecular formula is C26H30N6O6. The maximum absolute atomic E-state index is 13.6. The smallest absolute Gasteiger partial charge is 0.356 e. The minimum atomic E-state index is -1.28. The van der Waals surface area contributed by atoms with Crippen LogP contribution in [0.5, 0.6) is 0 Å². The molecule has 0 aliphatic carbocycles. The fourth-order valence-corrected chi connectivity index (χ4v) is 5.01. The van der Waals surface area contributed by atoms with Crippen LogP contribution in [0.2, 0.25) is 0 Å². The van der Waals surface area contributed by atoms with Gasteiger partial charge in [0.1, 0.15) is 6.61 Å². The number of likely N-dealkylation sites (tertiary alicyclic amines) is 1. The van der Waals surface area contributed by atoms with E-state index in [1.165, 1.54) is 24.1 Å². The Morgan fingerprint density at radius 2 is 1.76 bits per heavy atom. The molecule has 38 heavy (non-hydrogen) atoms. The summed E-state index contributed by atoms with van der Waals surface area (Å²) in [6.45, 7) is 0.692. The van der Waals surface area contributed by atoms with Gasteiger partial charge in [-0.3, -0.25) is 19.3 Å². The van der Waals surface area contributed by atoms with Gasteiger partial charge in [-0.25, -0.2) is 9.79 Å². The van der Waals surface area contributed by atoms with Crippen molar-refractivity contribution in [3.8, 4) is 0 Å². The van der Waals surface area contributed by atoms with Crippen LogP contribution >= 0.6 is 0 Å². The standard InChI is InChI=1S/C26H30N6O6/c1-31-24(36)26(30-25(31)27,19-4-3-5-20(14-19)29-21(33)15-37-2)18-10-12-32(13-11-18)22(34)16-6-8-17(9-7-16)23(35)38-28/h3-9,14,18H,10-13,15,28H2,1-2H3,(H2,27,30)(H,29,33). The Kier molecular flexibility index (Phi) is 7.74. The first-order valence-corrected chi connectivity index (χ1v) is 12.0. The number of carbonyl (C=O) groups is 4. The molecule has 12 heteroatoms. The number of anilines is 1. The Labute approximate surface area is 219 Å². The number of nitrogens with one attached hydrogen (secondary N) is 1. The van der Waals surface area contributed by atoms with E-state index in [-0.39, 0.29) is 41.8 Å². The van der Waals surface area contributed by atoms with Gasteiger partial charge in [-0.15, -0.1) is 0 Å². The maximum Gasteiger partial charge on any atom is 0.356 e. The monoisotopic (exact) mass is 522 g/mol. The minimum absolute atomic E-state index is 0.103. The number of hydrogen-bond donors (Lipinski definition) is 3. The number of carbonyl (C=O) groups excluding carboxylic acids is 4. The van der Waals surface area contributed by atoms with E-state index < -0.39 is 11.5 Å². The van der Waals surface area contributed by atoms with Crippen LogP contribution in [0, 0.1) is 5.92 Å². The van der Waals surface area contributed by atoms with Crippen molar-refractivity contribution in [2.75, 3.05) is 39.2 Å². The number of piperidine rings is 1. The number of benzene rings is 2. The number of nitrogens with two attached hydrogens (primary N) is 2. The Bertz CT molecular complexity index is 1270. The Hall–Kier alpha value is -4.29. The van der Waals surface area contributed by atoms with Crippen molar-refractivity contribution in [3.63, 3.8) is 0 Å². The van der Waals surface area contributed by atoms with E-state index in [0.717, 1.165) is 0 Å². The minimum Gasteiger partial charge on any atom is -0.375 e. The molecule has 1 saturated heterocycles. The second-order valence-corrected chi connectivity index (χ2v) is 9.21. The topological polar surface area (TPSA) is 170 Å². The third kappa shape index (κ3) is 4.95. The highest BCUT2D eigenvalue weighted by Gasteiger charge is 2.54. The Morgan fingerprint density at radius 3 is 2.34 bits per heavy atom. The molecule has 2 heterocycles. The molecule has 2 aliphatic rings. The summed E-state index contributed by atoms with van der Waals surface area (Å²) < 4.78 is 4.88. The Balaban J connectivity index is 1.56. The summed E-state index contributed by atoms with van der Waals surface area (Å²) in [5.41, 5.74) is 6.61. The molecule has 0 bridgehead atoms. The van der Waals surface area contributed by atoms with Crippen LogP contribution in [-0.2, 0) is 24.7 Å². The number of rotatable bonds is 7. The van der Waals surface area contributed by atoms with Crippen LogP contribution in [-0.4, -0.2) is 73.3 Å². The predicted molar refractivity (Wildman–Crippen MR) is 138 cm³/mol. The molecule has 0 radical (unpaired) electrons. The Morgan fingerprint density at radius 1 is 1.11 bits per heavy atom. The highest BCUT2D eigenvalue weighted by atomic mass is 16.7. The van der Waals surface area contributed by atoms with Gasteiger partial charge in [-0.1, -0.05) is 12.1 Å². The van der Waals surface area contributed by atoms with E-state index in [0.29, 0.717) is 42.7 Å². The predicted octanol–water partition coefficient (Wildman–Crippen LogP) is 0.836. The highest BCUT2D eigenvalue weighted by Crippen LogP contribution is 2.44. The van der Waals surface area contributed by atoms with Crippen LogP contribution in [0.3, 0.4) is 0 Å². The number of aliphatic imine (C=N–C) groups is 1. The third-order valence-corrected chi connectivity index (χ3v) is 6.97. The van der Waals surface area contributed by atoms with Gasteiger partial charge in [-0.05, 0) is 54.8 Å². The average Bonchev–Trinajstić information content (AvgIpc) is 3.17. The first kappa shape index (κ1) is 26.8. The summed E-state index contributed by atoms with van der Waals surface area (Å²) in [6.07, 6.45) is 1.000. The lowest BCUT2D eigenvalue weighted by Crippen LogP contribution is -2.49. The van der Waals surface area contributed by atoms with Gasteiger partial charge in [0, 0.05) is 44.4 Å². The number of hydrogen-bond acceptors (Lipinski definition) is 9. The maximum atomic E-state index is 13.6.